The fourth-order valence-electron chi connectivity index (χ4n) is 3.18. The molecular formula is C22H19ClN2OS. The molecule has 1 amide bonds. The molecule has 0 spiro atoms. The van der Waals surface area contributed by atoms with Gasteiger partial charge >= 0.3 is 0 Å². The average molecular weight is 395 g/mol. The third kappa shape index (κ3) is 3.82. The van der Waals surface area contributed by atoms with Gasteiger partial charge in [-0.05, 0) is 37.5 Å². The molecule has 1 unspecified atom stereocenters. The van der Waals surface area contributed by atoms with Gasteiger partial charge in [-0.15, -0.1) is 11.3 Å². The van der Waals surface area contributed by atoms with Gasteiger partial charge in [0.05, 0.1) is 10.4 Å². The summed E-state index contributed by atoms with van der Waals surface area (Å²) in [4.78, 5) is 17.8. The highest BCUT2D eigenvalue weighted by Gasteiger charge is 2.16. The Morgan fingerprint density at radius 1 is 1.11 bits per heavy atom. The lowest BCUT2D eigenvalue weighted by Gasteiger charge is -2.13. The summed E-state index contributed by atoms with van der Waals surface area (Å²) in [6, 6.07) is 20.1. The van der Waals surface area contributed by atoms with Crippen LogP contribution in [0.3, 0.4) is 0 Å². The summed E-state index contributed by atoms with van der Waals surface area (Å²) in [5, 5.41) is 5.41. The lowest BCUT2D eigenvalue weighted by Crippen LogP contribution is -2.32. The van der Waals surface area contributed by atoms with E-state index in [4.69, 9.17) is 11.6 Å². The summed E-state index contributed by atoms with van der Waals surface area (Å²) in [7, 11) is 0. The van der Waals surface area contributed by atoms with Crippen LogP contribution in [0.25, 0.3) is 21.0 Å². The second-order valence-electron chi connectivity index (χ2n) is 6.67. The minimum absolute atomic E-state index is 0.0584. The highest BCUT2D eigenvalue weighted by Crippen LogP contribution is 2.35. The van der Waals surface area contributed by atoms with E-state index in [1.807, 2.05) is 55.5 Å². The first kappa shape index (κ1) is 18.0. The number of hydrogen-bond acceptors (Lipinski definition) is 3. The van der Waals surface area contributed by atoms with Gasteiger partial charge in [0.15, 0.2) is 0 Å². The molecule has 1 atom stereocenters. The zero-order valence-electron chi connectivity index (χ0n) is 14.9. The van der Waals surface area contributed by atoms with Gasteiger partial charge < -0.3 is 5.32 Å². The van der Waals surface area contributed by atoms with E-state index in [2.05, 4.69) is 22.4 Å². The van der Waals surface area contributed by atoms with Crippen molar-refractivity contribution in [3.8, 4) is 0 Å². The molecule has 1 N–H and O–H groups in total. The van der Waals surface area contributed by atoms with Crippen molar-refractivity contribution in [3.05, 3.63) is 76.3 Å². The molecule has 27 heavy (non-hydrogen) atoms. The molecule has 4 rings (SSSR count). The molecule has 0 aliphatic rings. The number of thiophene rings is 1. The minimum Gasteiger partial charge on any atom is -0.349 e. The van der Waals surface area contributed by atoms with Crippen LogP contribution in [0.2, 0.25) is 5.15 Å². The number of carbonyl (C=O) groups is 1. The van der Waals surface area contributed by atoms with Crippen LogP contribution in [0.1, 0.15) is 28.6 Å². The number of nitrogens with one attached hydrogen (secondary N) is 1. The Morgan fingerprint density at radius 2 is 1.85 bits per heavy atom. The fourth-order valence-corrected chi connectivity index (χ4v) is 4.57. The van der Waals surface area contributed by atoms with Gasteiger partial charge in [-0.3, -0.25) is 4.79 Å². The van der Waals surface area contributed by atoms with E-state index < -0.39 is 0 Å². The number of para-hydroxylation sites is 1. The van der Waals surface area contributed by atoms with E-state index in [0.717, 1.165) is 33.8 Å². The van der Waals surface area contributed by atoms with Crippen LogP contribution in [0.4, 0.5) is 0 Å². The first-order valence-electron chi connectivity index (χ1n) is 8.94. The molecule has 4 aromatic rings. The third-order valence-electron chi connectivity index (χ3n) is 4.63. The van der Waals surface area contributed by atoms with E-state index in [9.17, 15) is 4.79 Å². The maximum atomic E-state index is 12.7. The lowest BCUT2D eigenvalue weighted by atomic mass is 10.1. The molecule has 0 aliphatic carbocycles. The van der Waals surface area contributed by atoms with E-state index in [-0.39, 0.29) is 11.9 Å². The molecule has 0 saturated heterocycles. The molecule has 0 fully saturated rings. The standard InChI is InChI=1S/C22H19ClN2OS/c1-14(11-12-15-7-3-2-4-8-15)24-22(26)19-13-17-20(27-19)16-9-5-6-10-18(16)25-21(17)23/h2-10,13-14H,11-12H2,1H3,(H,24,26). The predicted octanol–water partition coefficient (Wildman–Crippen LogP) is 5.85. The summed E-state index contributed by atoms with van der Waals surface area (Å²) >= 11 is 7.81. The number of amides is 1. The van der Waals surface area contributed by atoms with Gasteiger partial charge in [0, 0.05) is 21.5 Å². The number of aromatic nitrogens is 1. The first-order valence-corrected chi connectivity index (χ1v) is 10.1. The quantitative estimate of drug-likeness (QED) is 0.431. The van der Waals surface area contributed by atoms with Crippen molar-refractivity contribution in [2.24, 2.45) is 0 Å². The number of fused-ring (bicyclic) bond motifs is 3. The number of pyridine rings is 1. The Morgan fingerprint density at radius 3 is 2.67 bits per heavy atom. The molecule has 2 aromatic carbocycles. The third-order valence-corrected chi connectivity index (χ3v) is 6.09. The van der Waals surface area contributed by atoms with Crippen LogP contribution in [0.5, 0.6) is 0 Å². The topological polar surface area (TPSA) is 42.0 Å². The Labute approximate surface area is 167 Å². The number of aryl methyl sites for hydroxylation is 1. The Bertz CT molecular complexity index is 1110. The van der Waals surface area contributed by atoms with E-state index >= 15 is 0 Å². The molecule has 136 valence electrons. The molecule has 2 heterocycles. The molecule has 0 radical (unpaired) electrons. The molecular weight excluding hydrogens is 376 g/mol. The maximum Gasteiger partial charge on any atom is 0.261 e. The number of benzene rings is 2. The van der Waals surface area contributed by atoms with Crippen molar-refractivity contribution in [1.82, 2.24) is 10.3 Å². The first-order chi connectivity index (χ1) is 13.1. The highest BCUT2D eigenvalue weighted by atomic mass is 35.5. The summed E-state index contributed by atoms with van der Waals surface area (Å²) in [5.74, 6) is -0.0584. The van der Waals surface area contributed by atoms with Crippen molar-refractivity contribution in [3.63, 3.8) is 0 Å². The second kappa shape index (κ2) is 7.67. The molecule has 3 nitrogen and oxygen atoms in total. The molecule has 2 aromatic heterocycles. The van der Waals surface area contributed by atoms with Gasteiger partial charge in [-0.25, -0.2) is 4.98 Å². The van der Waals surface area contributed by atoms with Crippen LogP contribution < -0.4 is 5.32 Å². The summed E-state index contributed by atoms with van der Waals surface area (Å²) in [5.41, 5.74) is 2.13. The van der Waals surface area contributed by atoms with Crippen LogP contribution in [-0.4, -0.2) is 16.9 Å². The van der Waals surface area contributed by atoms with Gasteiger partial charge in [-0.2, -0.15) is 0 Å². The smallest absolute Gasteiger partial charge is 0.261 e. The number of nitrogens with zero attached hydrogens (tertiary/aromatic N) is 1. The molecule has 0 saturated carbocycles. The maximum absolute atomic E-state index is 12.7. The van der Waals surface area contributed by atoms with Gasteiger partial charge in [0.2, 0.25) is 0 Å². The number of halogens is 1. The number of carbonyl (C=O) groups excluding carboxylic acids is 1. The zero-order valence-corrected chi connectivity index (χ0v) is 16.5. The van der Waals surface area contributed by atoms with Crippen LogP contribution in [-0.2, 0) is 6.42 Å². The largest absolute Gasteiger partial charge is 0.349 e. The van der Waals surface area contributed by atoms with Crippen LogP contribution in [0, 0.1) is 0 Å². The van der Waals surface area contributed by atoms with E-state index in [0.29, 0.717) is 10.0 Å². The van der Waals surface area contributed by atoms with Crippen molar-refractivity contribution >= 4 is 49.8 Å². The molecule has 5 heteroatoms. The van der Waals surface area contributed by atoms with E-state index in [1.54, 1.807) is 0 Å². The van der Waals surface area contributed by atoms with E-state index in [1.165, 1.54) is 16.9 Å². The predicted molar refractivity (Wildman–Crippen MR) is 114 cm³/mol. The average Bonchev–Trinajstić information content (AvgIpc) is 3.14. The van der Waals surface area contributed by atoms with Crippen molar-refractivity contribution < 1.29 is 4.79 Å². The normalized spacial score (nSPS) is 12.4. The summed E-state index contributed by atoms with van der Waals surface area (Å²) in [6.07, 6.45) is 1.83. The number of rotatable bonds is 5. The SMILES string of the molecule is CC(CCc1ccccc1)NC(=O)c1cc2c(Cl)nc3ccccc3c2s1. The van der Waals surface area contributed by atoms with Gasteiger partial charge in [0.1, 0.15) is 5.15 Å². The van der Waals surface area contributed by atoms with Crippen molar-refractivity contribution in [2.45, 2.75) is 25.8 Å². The summed E-state index contributed by atoms with van der Waals surface area (Å²) in [6.45, 7) is 2.04. The molecule has 0 bridgehead atoms. The second-order valence-corrected chi connectivity index (χ2v) is 8.08. The van der Waals surface area contributed by atoms with Gasteiger partial charge in [-0.1, -0.05) is 60.1 Å². The Balaban J connectivity index is 1.52. The number of hydrogen-bond donors (Lipinski definition) is 1. The van der Waals surface area contributed by atoms with Crippen molar-refractivity contribution in [2.75, 3.05) is 0 Å². The fraction of sp³-hybridized carbons (Fsp3) is 0.182. The van der Waals surface area contributed by atoms with Gasteiger partial charge in [0.25, 0.3) is 5.91 Å². The zero-order chi connectivity index (χ0) is 18.8. The minimum atomic E-state index is -0.0584. The Kier molecular flexibility index (Phi) is 5.10. The van der Waals surface area contributed by atoms with Crippen LogP contribution >= 0.6 is 22.9 Å². The van der Waals surface area contributed by atoms with Crippen LogP contribution in [0.15, 0.2) is 60.7 Å². The van der Waals surface area contributed by atoms with Crippen molar-refractivity contribution in [1.29, 1.82) is 0 Å². The highest BCUT2D eigenvalue weighted by molar-refractivity contribution is 7.21. The lowest BCUT2D eigenvalue weighted by molar-refractivity contribution is 0.0942. The molecule has 0 aliphatic heterocycles. The Hall–Kier alpha value is -2.43. The monoisotopic (exact) mass is 394 g/mol. The summed E-state index contributed by atoms with van der Waals surface area (Å²) < 4.78 is 1.01.